The van der Waals surface area contributed by atoms with Gasteiger partial charge in [0.05, 0.1) is 4.90 Å². The van der Waals surface area contributed by atoms with Crippen LogP contribution in [0.25, 0.3) is 0 Å². The first-order chi connectivity index (χ1) is 9.46. The molecule has 1 N–H and O–H groups in total. The fourth-order valence-electron chi connectivity index (χ4n) is 2.47. The molecular weight excluding hydrogens is 315 g/mol. The molecule has 1 aromatic rings. The Kier molecular flexibility index (Phi) is 6.59. The number of nitrogens with zero attached hydrogens (tertiary/aromatic N) is 1. The average Bonchev–Trinajstić information content (AvgIpc) is 2.92. The lowest BCUT2D eigenvalue weighted by molar-refractivity contribution is 0.335. The van der Waals surface area contributed by atoms with E-state index in [1.807, 2.05) is 6.92 Å². The Bertz CT molecular complexity index is 574. The Balaban J connectivity index is 0.00000220. The summed E-state index contributed by atoms with van der Waals surface area (Å²) in [5.41, 5.74) is 0.452. The maximum atomic E-state index is 13.6. The summed E-state index contributed by atoms with van der Waals surface area (Å²) in [5, 5.41) is 3.18. The zero-order chi connectivity index (χ0) is 14.8. The van der Waals surface area contributed by atoms with Crippen molar-refractivity contribution in [3.05, 3.63) is 29.6 Å². The van der Waals surface area contributed by atoms with E-state index in [0.717, 1.165) is 25.5 Å². The Hall–Kier alpha value is -0.690. The second kappa shape index (κ2) is 7.54. The van der Waals surface area contributed by atoms with E-state index in [-0.39, 0.29) is 23.3 Å². The highest BCUT2D eigenvalue weighted by molar-refractivity contribution is 7.89. The molecule has 1 saturated heterocycles. The van der Waals surface area contributed by atoms with Gasteiger partial charge in [-0.3, -0.25) is 0 Å². The van der Waals surface area contributed by atoms with Crippen molar-refractivity contribution in [2.24, 2.45) is 0 Å². The predicted octanol–water partition coefficient (Wildman–Crippen LogP) is 2.32. The van der Waals surface area contributed by atoms with Crippen molar-refractivity contribution >= 4 is 22.4 Å². The first kappa shape index (κ1) is 18.4. The second-order valence-corrected chi connectivity index (χ2v) is 7.06. The van der Waals surface area contributed by atoms with Crippen LogP contribution in [0, 0.1) is 12.7 Å². The van der Waals surface area contributed by atoms with E-state index in [2.05, 4.69) is 5.32 Å². The lowest BCUT2D eigenvalue weighted by Crippen LogP contribution is -2.42. The number of sulfonamides is 1. The van der Waals surface area contributed by atoms with Gasteiger partial charge in [0.25, 0.3) is 0 Å². The minimum Gasteiger partial charge on any atom is -0.315 e. The van der Waals surface area contributed by atoms with Crippen LogP contribution in [0.15, 0.2) is 23.1 Å². The molecule has 1 fully saturated rings. The number of nitrogens with one attached hydrogen (secondary N) is 1. The molecule has 1 aromatic carbocycles. The van der Waals surface area contributed by atoms with Gasteiger partial charge in [0.2, 0.25) is 10.0 Å². The first-order valence-corrected chi connectivity index (χ1v) is 8.39. The Morgan fingerprint density at radius 1 is 1.43 bits per heavy atom. The molecule has 0 saturated carbocycles. The number of benzene rings is 1. The van der Waals surface area contributed by atoms with Gasteiger partial charge in [0.15, 0.2) is 0 Å². The van der Waals surface area contributed by atoms with Gasteiger partial charge in [-0.05, 0) is 44.0 Å². The smallest absolute Gasteiger partial charge is 0.243 e. The van der Waals surface area contributed by atoms with Crippen molar-refractivity contribution in [3.8, 4) is 0 Å². The predicted molar refractivity (Wildman–Crippen MR) is 83.8 cm³/mol. The molecule has 0 aromatic heterocycles. The largest absolute Gasteiger partial charge is 0.315 e. The molecule has 1 unspecified atom stereocenters. The van der Waals surface area contributed by atoms with Crippen LogP contribution in [-0.2, 0) is 10.0 Å². The third-order valence-electron chi connectivity index (χ3n) is 3.64. The van der Waals surface area contributed by atoms with E-state index < -0.39 is 15.8 Å². The van der Waals surface area contributed by atoms with Crippen molar-refractivity contribution < 1.29 is 12.8 Å². The summed E-state index contributed by atoms with van der Waals surface area (Å²) < 4.78 is 40.6. The molecule has 0 bridgehead atoms. The van der Waals surface area contributed by atoms with E-state index in [0.29, 0.717) is 18.7 Å². The van der Waals surface area contributed by atoms with Crippen LogP contribution >= 0.6 is 12.4 Å². The molecule has 2 rings (SSSR count). The van der Waals surface area contributed by atoms with Gasteiger partial charge in [-0.25, -0.2) is 12.8 Å². The molecule has 0 spiro atoms. The van der Waals surface area contributed by atoms with E-state index in [4.69, 9.17) is 0 Å². The minimum atomic E-state index is -3.63. The maximum Gasteiger partial charge on any atom is 0.243 e. The van der Waals surface area contributed by atoms with Crippen LogP contribution < -0.4 is 5.32 Å². The quantitative estimate of drug-likeness (QED) is 0.897. The van der Waals surface area contributed by atoms with Crippen LogP contribution in [0.4, 0.5) is 4.39 Å². The number of aryl methyl sites for hydroxylation is 1. The summed E-state index contributed by atoms with van der Waals surface area (Å²) in [6.07, 6.45) is 1.54. The Labute approximate surface area is 132 Å². The van der Waals surface area contributed by atoms with Crippen LogP contribution in [0.3, 0.4) is 0 Å². The lowest BCUT2D eigenvalue weighted by atomic mass is 10.2. The van der Waals surface area contributed by atoms with Crippen molar-refractivity contribution in [2.75, 3.05) is 19.6 Å². The molecular formula is C14H22ClFN2O2S. The highest BCUT2D eigenvalue weighted by Crippen LogP contribution is 2.23. The van der Waals surface area contributed by atoms with Crippen LogP contribution in [0.5, 0.6) is 0 Å². The van der Waals surface area contributed by atoms with Crippen molar-refractivity contribution in [1.82, 2.24) is 9.62 Å². The zero-order valence-corrected chi connectivity index (χ0v) is 13.9. The fraction of sp³-hybridized carbons (Fsp3) is 0.571. The van der Waals surface area contributed by atoms with Gasteiger partial charge in [-0.15, -0.1) is 12.4 Å². The van der Waals surface area contributed by atoms with Gasteiger partial charge in [0, 0.05) is 19.1 Å². The summed E-state index contributed by atoms with van der Waals surface area (Å²) >= 11 is 0. The van der Waals surface area contributed by atoms with Crippen LogP contribution in [0.1, 0.15) is 25.3 Å². The van der Waals surface area contributed by atoms with Gasteiger partial charge in [-0.1, -0.05) is 13.0 Å². The molecule has 1 aliphatic rings. The molecule has 7 heteroatoms. The molecule has 1 atom stereocenters. The average molecular weight is 337 g/mol. The summed E-state index contributed by atoms with van der Waals surface area (Å²) in [6.45, 7) is 5.51. The number of hydrogen-bond acceptors (Lipinski definition) is 3. The van der Waals surface area contributed by atoms with Crippen molar-refractivity contribution in [3.63, 3.8) is 0 Å². The molecule has 21 heavy (non-hydrogen) atoms. The van der Waals surface area contributed by atoms with E-state index in [9.17, 15) is 12.8 Å². The monoisotopic (exact) mass is 336 g/mol. The number of rotatable bonds is 5. The van der Waals surface area contributed by atoms with E-state index in [1.54, 1.807) is 6.92 Å². The molecule has 1 heterocycles. The van der Waals surface area contributed by atoms with Gasteiger partial charge in [0.1, 0.15) is 5.82 Å². The SMILES string of the molecule is CCCN(C1CCNC1)S(=O)(=O)c1ccc(C)c(F)c1.Cl. The standard InChI is InChI=1S/C14H21FN2O2S.ClH/c1-3-8-17(12-6-7-16-10-12)20(18,19)13-5-4-11(2)14(15)9-13;/h4-5,9,12,16H,3,6-8,10H2,1-2H3;1H. The fourth-order valence-corrected chi connectivity index (χ4v) is 4.23. The highest BCUT2D eigenvalue weighted by atomic mass is 35.5. The minimum absolute atomic E-state index is 0. The van der Waals surface area contributed by atoms with Crippen LogP contribution in [0.2, 0.25) is 0 Å². The van der Waals surface area contributed by atoms with Crippen molar-refractivity contribution in [2.45, 2.75) is 37.6 Å². The zero-order valence-electron chi connectivity index (χ0n) is 12.3. The Morgan fingerprint density at radius 3 is 2.67 bits per heavy atom. The highest BCUT2D eigenvalue weighted by Gasteiger charge is 2.32. The van der Waals surface area contributed by atoms with E-state index >= 15 is 0 Å². The van der Waals surface area contributed by atoms with Gasteiger partial charge < -0.3 is 5.32 Å². The lowest BCUT2D eigenvalue weighted by Gasteiger charge is -2.27. The molecule has 0 amide bonds. The normalized spacial score (nSPS) is 18.8. The molecule has 0 radical (unpaired) electrons. The maximum absolute atomic E-state index is 13.6. The third-order valence-corrected chi connectivity index (χ3v) is 5.58. The molecule has 4 nitrogen and oxygen atoms in total. The van der Waals surface area contributed by atoms with E-state index in [1.165, 1.54) is 16.4 Å². The number of halogens is 2. The topological polar surface area (TPSA) is 49.4 Å². The summed E-state index contributed by atoms with van der Waals surface area (Å²) in [7, 11) is -3.63. The Morgan fingerprint density at radius 2 is 2.14 bits per heavy atom. The molecule has 0 aliphatic carbocycles. The van der Waals surface area contributed by atoms with Crippen molar-refractivity contribution in [1.29, 1.82) is 0 Å². The molecule has 120 valence electrons. The van der Waals surface area contributed by atoms with Crippen LogP contribution in [-0.4, -0.2) is 38.4 Å². The summed E-state index contributed by atoms with van der Waals surface area (Å²) in [4.78, 5) is 0.0425. The first-order valence-electron chi connectivity index (χ1n) is 6.95. The van der Waals surface area contributed by atoms with Gasteiger partial charge >= 0.3 is 0 Å². The number of hydrogen-bond donors (Lipinski definition) is 1. The molecule has 1 aliphatic heterocycles. The second-order valence-electron chi connectivity index (χ2n) is 5.17. The summed E-state index contributed by atoms with van der Waals surface area (Å²) in [5.74, 6) is -0.480. The van der Waals surface area contributed by atoms with Gasteiger partial charge in [-0.2, -0.15) is 4.31 Å². The summed E-state index contributed by atoms with van der Waals surface area (Å²) in [6, 6.07) is 4.08. The third kappa shape index (κ3) is 3.94.